The van der Waals surface area contributed by atoms with Crippen molar-refractivity contribution in [3.05, 3.63) is 77.1 Å². The van der Waals surface area contributed by atoms with E-state index in [4.69, 9.17) is 21.7 Å². The van der Waals surface area contributed by atoms with Gasteiger partial charge in [-0.2, -0.15) is 0 Å². The van der Waals surface area contributed by atoms with Gasteiger partial charge in [0.2, 0.25) is 5.78 Å². The molecule has 0 aliphatic carbocycles. The van der Waals surface area contributed by atoms with E-state index in [0.717, 1.165) is 16.7 Å². The van der Waals surface area contributed by atoms with Crippen LogP contribution in [0.15, 0.2) is 66.0 Å². The van der Waals surface area contributed by atoms with Gasteiger partial charge in [0.05, 0.1) is 12.7 Å². The van der Waals surface area contributed by atoms with Gasteiger partial charge in [-0.15, -0.1) is 0 Å². The highest BCUT2D eigenvalue weighted by molar-refractivity contribution is 7.80. The molecule has 2 aliphatic rings. The SMILES string of the molecule is COc1ccc(/C=C2/NC(=S)N(/C=C3\C(=O)Oc4ccccc4C3=O)C2=O)cc1. The van der Waals surface area contributed by atoms with E-state index < -0.39 is 17.7 Å². The molecule has 0 spiro atoms. The van der Waals surface area contributed by atoms with Crippen LogP contribution in [-0.2, 0) is 9.59 Å². The number of rotatable bonds is 3. The van der Waals surface area contributed by atoms with Crippen molar-refractivity contribution in [1.29, 1.82) is 0 Å². The van der Waals surface area contributed by atoms with Crippen molar-refractivity contribution in [2.45, 2.75) is 0 Å². The van der Waals surface area contributed by atoms with Crippen molar-refractivity contribution >= 4 is 41.1 Å². The summed E-state index contributed by atoms with van der Waals surface area (Å²) in [5, 5.41) is 2.86. The van der Waals surface area contributed by atoms with E-state index in [9.17, 15) is 14.4 Å². The number of Topliss-reactive ketones (excluding diaryl/α,β-unsaturated/α-hetero) is 1. The Morgan fingerprint density at radius 1 is 1.07 bits per heavy atom. The number of fused-ring (bicyclic) bond motifs is 1. The fourth-order valence-electron chi connectivity index (χ4n) is 2.91. The number of nitrogens with one attached hydrogen (secondary N) is 1. The normalized spacial score (nSPS) is 18.7. The van der Waals surface area contributed by atoms with Crippen LogP contribution in [0.4, 0.5) is 0 Å². The van der Waals surface area contributed by atoms with Crippen LogP contribution in [0.3, 0.4) is 0 Å². The van der Waals surface area contributed by atoms with E-state index in [0.29, 0.717) is 5.75 Å². The van der Waals surface area contributed by atoms with Crippen LogP contribution in [0.5, 0.6) is 11.5 Å². The fraction of sp³-hybridized carbons (Fsp3) is 0.0476. The second-order valence-electron chi connectivity index (χ2n) is 6.19. The molecule has 2 aromatic rings. The third kappa shape index (κ3) is 3.41. The monoisotopic (exact) mass is 406 g/mol. The first-order chi connectivity index (χ1) is 14.0. The maximum atomic E-state index is 12.8. The summed E-state index contributed by atoms with van der Waals surface area (Å²) in [5.41, 5.74) is 0.944. The smallest absolute Gasteiger partial charge is 0.349 e. The number of carbonyl (C=O) groups is 3. The highest BCUT2D eigenvalue weighted by atomic mass is 32.1. The average molecular weight is 406 g/mol. The van der Waals surface area contributed by atoms with Crippen molar-refractivity contribution in [1.82, 2.24) is 10.2 Å². The number of ketones is 1. The number of amides is 1. The summed E-state index contributed by atoms with van der Waals surface area (Å²) < 4.78 is 10.3. The van der Waals surface area contributed by atoms with Crippen LogP contribution in [0.1, 0.15) is 15.9 Å². The van der Waals surface area contributed by atoms with Gasteiger partial charge in [-0.25, -0.2) is 4.79 Å². The van der Waals surface area contributed by atoms with Crippen molar-refractivity contribution in [2.75, 3.05) is 7.11 Å². The molecule has 144 valence electrons. The molecule has 0 unspecified atom stereocenters. The number of hydrogen-bond acceptors (Lipinski definition) is 6. The number of benzene rings is 2. The Bertz CT molecular complexity index is 1120. The number of nitrogens with zero attached hydrogens (tertiary/aromatic N) is 1. The van der Waals surface area contributed by atoms with Crippen molar-refractivity contribution < 1.29 is 23.9 Å². The summed E-state index contributed by atoms with van der Waals surface area (Å²) in [7, 11) is 1.56. The zero-order valence-corrected chi connectivity index (χ0v) is 16.0. The number of para-hydroxylation sites is 1. The molecular weight excluding hydrogens is 392 g/mol. The molecule has 1 N–H and O–H groups in total. The summed E-state index contributed by atoms with van der Waals surface area (Å²) >= 11 is 5.20. The maximum absolute atomic E-state index is 12.8. The third-order valence-corrected chi connectivity index (χ3v) is 4.69. The zero-order valence-electron chi connectivity index (χ0n) is 15.2. The molecule has 2 heterocycles. The molecule has 1 fully saturated rings. The first kappa shape index (κ1) is 18.6. The Balaban J connectivity index is 1.63. The number of carbonyl (C=O) groups excluding carboxylic acids is 3. The molecule has 29 heavy (non-hydrogen) atoms. The molecule has 7 nitrogen and oxygen atoms in total. The lowest BCUT2D eigenvalue weighted by atomic mass is 10.0. The van der Waals surface area contributed by atoms with Crippen LogP contribution >= 0.6 is 12.2 Å². The van der Waals surface area contributed by atoms with Gasteiger partial charge in [-0.1, -0.05) is 24.3 Å². The molecule has 0 bridgehead atoms. The van der Waals surface area contributed by atoms with Crippen LogP contribution in [-0.4, -0.2) is 34.8 Å². The number of methoxy groups -OCH3 is 1. The number of thiocarbonyl (C=S) groups is 1. The van der Waals surface area contributed by atoms with E-state index in [1.165, 1.54) is 6.07 Å². The summed E-state index contributed by atoms with van der Waals surface area (Å²) in [5.74, 6) is -0.975. The average Bonchev–Trinajstić information content (AvgIpc) is 2.98. The molecular formula is C21H14N2O5S. The van der Waals surface area contributed by atoms with Gasteiger partial charge in [0.15, 0.2) is 5.11 Å². The van der Waals surface area contributed by atoms with E-state index in [1.807, 2.05) is 0 Å². The predicted octanol–water partition coefficient (Wildman–Crippen LogP) is 2.44. The Hall–Kier alpha value is -3.78. The Kier molecular flexibility index (Phi) is 4.69. The molecule has 2 aliphatic heterocycles. The molecule has 0 radical (unpaired) electrons. The zero-order chi connectivity index (χ0) is 20.5. The highest BCUT2D eigenvalue weighted by Crippen LogP contribution is 2.28. The maximum Gasteiger partial charge on any atom is 0.349 e. The summed E-state index contributed by atoms with van der Waals surface area (Å²) in [6.45, 7) is 0. The lowest BCUT2D eigenvalue weighted by Gasteiger charge is -2.18. The topological polar surface area (TPSA) is 84.9 Å². The third-order valence-electron chi connectivity index (χ3n) is 4.39. The minimum Gasteiger partial charge on any atom is -0.497 e. The molecule has 0 atom stereocenters. The highest BCUT2D eigenvalue weighted by Gasteiger charge is 2.35. The molecule has 8 heteroatoms. The van der Waals surface area contributed by atoms with E-state index in [1.54, 1.807) is 55.7 Å². The van der Waals surface area contributed by atoms with Gasteiger partial charge in [0.25, 0.3) is 5.91 Å². The van der Waals surface area contributed by atoms with Gasteiger partial charge in [-0.05, 0) is 48.1 Å². The summed E-state index contributed by atoms with van der Waals surface area (Å²) in [6, 6.07) is 13.5. The van der Waals surface area contributed by atoms with E-state index >= 15 is 0 Å². The first-order valence-corrected chi connectivity index (χ1v) is 8.97. The van der Waals surface area contributed by atoms with Gasteiger partial charge >= 0.3 is 5.97 Å². The number of ether oxygens (including phenoxy) is 2. The Morgan fingerprint density at radius 2 is 1.79 bits per heavy atom. The van der Waals surface area contributed by atoms with Gasteiger partial charge in [-0.3, -0.25) is 14.5 Å². The minimum atomic E-state index is -0.836. The minimum absolute atomic E-state index is 0.0571. The lowest BCUT2D eigenvalue weighted by Crippen LogP contribution is -2.31. The second-order valence-corrected chi connectivity index (χ2v) is 6.58. The molecule has 1 saturated heterocycles. The molecule has 0 aromatic heterocycles. The van der Waals surface area contributed by atoms with Gasteiger partial charge in [0.1, 0.15) is 22.8 Å². The van der Waals surface area contributed by atoms with Crippen molar-refractivity contribution in [2.24, 2.45) is 0 Å². The summed E-state index contributed by atoms with van der Waals surface area (Å²) in [6.07, 6.45) is 2.73. The van der Waals surface area contributed by atoms with E-state index in [2.05, 4.69) is 5.32 Å². The van der Waals surface area contributed by atoms with Gasteiger partial charge in [0, 0.05) is 6.20 Å². The van der Waals surface area contributed by atoms with Crippen LogP contribution in [0.25, 0.3) is 6.08 Å². The Labute approximate surface area is 171 Å². The standard InChI is InChI=1S/C21H14N2O5S/c1-27-13-8-6-12(7-9-13)10-16-19(25)23(21(29)22-16)11-15-18(24)14-4-2-3-5-17(14)28-20(15)26/h2-11H,1H3,(H,22,29)/b15-11-,16-10+. The van der Waals surface area contributed by atoms with Crippen molar-refractivity contribution in [3.8, 4) is 11.5 Å². The lowest BCUT2D eigenvalue weighted by molar-refractivity contribution is -0.130. The second kappa shape index (κ2) is 7.33. The Morgan fingerprint density at radius 3 is 2.52 bits per heavy atom. The van der Waals surface area contributed by atoms with E-state index in [-0.39, 0.29) is 27.7 Å². The van der Waals surface area contributed by atoms with Gasteiger partial charge < -0.3 is 14.8 Å². The predicted molar refractivity (Wildman–Crippen MR) is 108 cm³/mol. The largest absolute Gasteiger partial charge is 0.497 e. The van der Waals surface area contributed by atoms with Crippen molar-refractivity contribution in [3.63, 3.8) is 0 Å². The van der Waals surface area contributed by atoms with Crippen LogP contribution in [0, 0.1) is 0 Å². The number of esters is 1. The first-order valence-electron chi connectivity index (χ1n) is 8.56. The fourth-order valence-corrected chi connectivity index (χ4v) is 3.15. The molecule has 2 aromatic carbocycles. The number of hydrogen-bond donors (Lipinski definition) is 1. The molecule has 4 rings (SSSR count). The van der Waals surface area contributed by atoms with Crippen LogP contribution < -0.4 is 14.8 Å². The van der Waals surface area contributed by atoms with Crippen LogP contribution in [0.2, 0.25) is 0 Å². The quantitative estimate of drug-likeness (QED) is 0.276. The molecule has 1 amide bonds. The summed E-state index contributed by atoms with van der Waals surface area (Å²) in [4.78, 5) is 38.7. The molecule has 0 saturated carbocycles.